The van der Waals surface area contributed by atoms with E-state index in [9.17, 15) is 4.79 Å². The second-order valence-electron chi connectivity index (χ2n) is 5.56. The first-order chi connectivity index (χ1) is 10.2. The van der Waals surface area contributed by atoms with Gasteiger partial charge >= 0.3 is 0 Å². The van der Waals surface area contributed by atoms with E-state index in [0.717, 1.165) is 43.6 Å². The van der Waals surface area contributed by atoms with Crippen molar-refractivity contribution in [3.63, 3.8) is 0 Å². The van der Waals surface area contributed by atoms with E-state index in [1.165, 1.54) is 11.3 Å². The number of rotatable bonds is 4. The summed E-state index contributed by atoms with van der Waals surface area (Å²) >= 11 is 0. The summed E-state index contributed by atoms with van der Waals surface area (Å²) < 4.78 is 0. The number of nitrogens with zero attached hydrogens (tertiary/aromatic N) is 2. The third-order valence-corrected chi connectivity index (χ3v) is 4.06. The van der Waals surface area contributed by atoms with Crippen molar-refractivity contribution in [3.05, 3.63) is 59.4 Å². The molecular formula is C18H20N2O. The van der Waals surface area contributed by atoms with Crippen LogP contribution in [-0.2, 0) is 12.8 Å². The molecule has 0 saturated carbocycles. The average molecular weight is 280 g/mol. The number of ketones is 1. The minimum atomic E-state index is 0.142. The Kier molecular flexibility index (Phi) is 4.00. The first-order valence-corrected chi connectivity index (χ1v) is 7.53. The van der Waals surface area contributed by atoms with Crippen LogP contribution in [0.15, 0.2) is 42.6 Å². The number of anilines is 1. The van der Waals surface area contributed by atoms with Gasteiger partial charge in [0.05, 0.1) is 0 Å². The molecule has 0 spiro atoms. The van der Waals surface area contributed by atoms with E-state index >= 15 is 0 Å². The summed E-state index contributed by atoms with van der Waals surface area (Å²) in [5, 5.41) is 0. The lowest BCUT2D eigenvalue weighted by atomic mass is 9.98. The predicted molar refractivity (Wildman–Crippen MR) is 84.9 cm³/mol. The minimum absolute atomic E-state index is 0.142. The molecule has 108 valence electrons. The summed E-state index contributed by atoms with van der Waals surface area (Å²) in [6.45, 7) is 3.69. The Morgan fingerprint density at radius 2 is 2.19 bits per heavy atom. The zero-order chi connectivity index (χ0) is 14.7. The number of pyridine rings is 1. The molecule has 0 bridgehead atoms. The van der Waals surface area contributed by atoms with Crippen LogP contribution in [0.1, 0.15) is 35.0 Å². The van der Waals surface area contributed by atoms with Crippen molar-refractivity contribution in [2.24, 2.45) is 0 Å². The lowest BCUT2D eigenvalue weighted by Gasteiger charge is -2.31. The number of Topliss-reactive ketones (excluding diaryl/α,β-unsaturated/α-hetero) is 1. The fourth-order valence-electron chi connectivity index (χ4n) is 2.92. The highest BCUT2D eigenvalue weighted by Gasteiger charge is 2.17. The maximum atomic E-state index is 11.5. The number of benzene rings is 1. The van der Waals surface area contributed by atoms with E-state index in [0.29, 0.717) is 0 Å². The fraction of sp³-hybridized carbons (Fsp3) is 0.333. The number of hydrogen-bond donors (Lipinski definition) is 0. The standard InChI is InChI=1S/C18H20N2O/c1-14(21)15-7-8-18-16(13-15)5-4-11-20(18)12-9-17-6-2-3-10-19-17/h2-3,6-8,10,13H,4-5,9,11-12H2,1H3. The summed E-state index contributed by atoms with van der Waals surface area (Å²) in [5.41, 5.74) is 4.53. The molecule has 1 aromatic carbocycles. The van der Waals surface area contributed by atoms with Crippen LogP contribution >= 0.6 is 0 Å². The lowest BCUT2D eigenvalue weighted by Crippen LogP contribution is -2.31. The molecule has 1 aliphatic heterocycles. The van der Waals surface area contributed by atoms with Gasteiger partial charge in [-0.05, 0) is 55.7 Å². The van der Waals surface area contributed by atoms with Crippen LogP contribution in [0.5, 0.6) is 0 Å². The van der Waals surface area contributed by atoms with Crippen molar-refractivity contribution >= 4 is 11.5 Å². The van der Waals surface area contributed by atoms with Crippen molar-refractivity contribution in [3.8, 4) is 0 Å². The predicted octanol–water partition coefficient (Wildman–Crippen LogP) is 3.28. The van der Waals surface area contributed by atoms with Crippen LogP contribution in [0.3, 0.4) is 0 Å². The number of hydrogen-bond acceptors (Lipinski definition) is 3. The summed E-state index contributed by atoms with van der Waals surface area (Å²) in [4.78, 5) is 18.3. The molecule has 0 N–H and O–H groups in total. The van der Waals surface area contributed by atoms with Gasteiger partial charge in [-0.15, -0.1) is 0 Å². The van der Waals surface area contributed by atoms with Crippen LogP contribution in [0, 0.1) is 0 Å². The van der Waals surface area contributed by atoms with Crippen LogP contribution in [-0.4, -0.2) is 23.9 Å². The van der Waals surface area contributed by atoms with Crippen LogP contribution in [0.25, 0.3) is 0 Å². The van der Waals surface area contributed by atoms with E-state index in [1.807, 2.05) is 24.4 Å². The number of aryl methyl sites for hydroxylation is 1. The van der Waals surface area contributed by atoms with Crippen LogP contribution in [0.2, 0.25) is 0 Å². The average Bonchev–Trinajstić information content (AvgIpc) is 2.53. The number of fused-ring (bicyclic) bond motifs is 1. The van der Waals surface area contributed by atoms with Gasteiger partial charge in [0.15, 0.2) is 5.78 Å². The Balaban J connectivity index is 1.76. The maximum Gasteiger partial charge on any atom is 0.159 e. The molecule has 1 aliphatic rings. The van der Waals surface area contributed by atoms with Crippen LogP contribution < -0.4 is 4.90 Å². The summed E-state index contributed by atoms with van der Waals surface area (Å²) in [6, 6.07) is 12.2. The van der Waals surface area contributed by atoms with Gasteiger partial charge in [-0.1, -0.05) is 6.07 Å². The SMILES string of the molecule is CC(=O)c1ccc2c(c1)CCCN2CCc1ccccn1. The Labute approximate surface area is 125 Å². The largest absolute Gasteiger partial charge is 0.371 e. The Morgan fingerprint density at radius 3 is 2.95 bits per heavy atom. The zero-order valence-electron chi connectivity index (χ0n) is 12.4. The van der Waals surface area contributed by atoms with Gasteiger partial charge in [-0.2, -0.15) is 0 Å². The molecule has 0 atom stereocenters. The summed E-state index contributed by atoms with van der Waals surface area (Å²) in [6.07, 6.45) is 5.01. The monoisotopic (exact) mass is 280 g/mol. The van der Waals surface area contributed by atoms with Crippen molar-refractivity contribution in [1.29, 1.82) is 0 Å². The maximum absolute atomic E-state index is 11.5. The summed E-state index contributed by atoms with van der Waals surface area (Å²) in [7, 11) is 0. The van der Waals surface area contributed by atoms with Gasteiger partial charge in [0.25, 0.3) is 0 Å². The van der Waals surface area contributed by atoms with Gasteiger partial charge in [0.1, 0.15) is 0 Å². The van der Waals surface area contributed by atoms with E-state index in [4.69, 9.17) is 0 Å². The molecule has 0 aliphatic carbocycles. The second-order valence-corrected chi connectivity index (χ2v) is 5.56. The molecule has 0 unspecified atom stereocenters. The van der Waals surface area contributed by atoms with Gasteiger partial charge in [-0.25, -0.2) is 0 Å². The third kappa shape index (κ3) is 3.13. The number of carbonyl (C=O) groups excluding carboxylic acids is 1. The van der Waals surface area contributed by atoms with Gasteiger partial charge in [0, 0.05) is 42.7 Å². The first-order valence-electron chi connectivity index (χ1n) is 7.53. The van der Waals surface area contributed by atoms with Crippen molar-refractivity contribution in [2.75, 3.05) is 18.0 Å². The molecule has 3 nitrogen and oxygen atoms in total. The number of aromatic nitrogens is 1. The van der Waals surface area contributed by atoms with E-state index in [1.54, 1.807) is 6.92 Å². The Bertz CT molecular complexity index is 637. The smallest absolute Gasteiger partial charge is 0.159 e. The molecule has 3 rings (SSSR count). The molecule has 2 heterocycles. The van der Waals surface area contributed by atoms with Gasteiger partial charge < -0.3 is 4.90 Å². The highest BCUT2D eigenvalue weighted by atomic mass is 16.1. The third-order valence-electron chi connectivity index (χ3n) is 4.06. The Hall–Kier alpha value is -2.16. The molecule has 2 aromatic rings. The molecule has 3 heteroatoms. The molecule has 0 saturated heterocycles. The van der Waals surface area contributed by atoms with E-state index in [2.05, 4.69) is 28.1 Å². The fourth-order valence-corrected chi connectivity index (χ4v) is 2.92. The molecule has 0 fully saturated rings. The van der Waals surface area contributed by atoms with E-state index < -0.39 is 0 Å². The Morgan fingerprint density at radius 1 is 1.29 bits per heavy atom. The highest BCUT2D eigenvalue weighted by Crippen LogP contribution is 2.28. The first kappa shape index (κ1) is 13.8. The molecular weight excluding hydrogens is 260 g/mol. The topological polar surface area (TPSA) is 33.2 Å². The van der Waals surface area contributed by atoms with Crippen molar-refractivity contribution < 1.29 is 4.79 Å². The molecule has 21 heavy (non-hydrogen) atoms. The zero-order valence-corrected chi connectivity index (χ0v) is 12.4. The lowest BCUT2D eigenvalue weighted by molar-refractivity contribution is 0.101. The van der Waals surface area contributed by atoms with Crippen molar-refractivity contribution in [2.45, 2.75) is 26.2 Å². The van der Waals surface area contributed by atoms with Crippen molar-refractivity contribution in [1.82, 2.24) is 4.98 Å². The minimum Gasteiger partial charge on any atom is -0.371 e. The second kappa shape index (κ2) is 6.08. The molecule has 0 radical (unpaired) electrons. The highest BCUT2D eigenvalue weighted by molar-refractivity contribution is 5.94. The molecule has 1 aromatic heterocycles. The number of carbonyl (C=O) groups is 1. The molecule has 0 amide bonds. The van der Waals surface area contributed by atoms with Gasteiger partial charge in [-0.3, -0.25) is 9.78 Å². The van der Waals surface area contributed by atoms with E-state index in [-0.39, 0.29) is 5.78 Å². The summed E-state index contributed by atoms with van der Waals surface area (Å²) in [5.74, 6) is 0.142. The normalized spacial score (nSPS) is 13.9. The van der Waals surface area contributed by atoms with Gasteiger partial charge in [0.2, 0.25) is 0 Å². The van der Waals surface area contributed by atoms with Crippen LogP contribution in [0.4, 0.5) is 5.69 Å². The quantitative estimate of drug-likeness (QED) is 0.806.